The van der Waals surface area contributed by atoms with Gasteiger partial charge in [-0.2, -0.15) is 0 Å². The number of hydrogen-bond donors (Lipinski definition) is 1. The number of benzene rings is 3. The minimum atomic E-state index is -0.338. The van der Waals surface area contributed by atoms with E-state index in [0.29, 0.717) is 5.75 Å². The Morgan fingerprint density at radius 1 is 0.920 bits per heavy atom. The second kappa shape index (κ2) is 8.40. The van der Waals surface area contributed by atoms with Crippen LogP contribution in [0.5, 0.6) is 5.75 Å². The van der Waals surface area contributed by atoms with E-state index in [9.17, 15) is 4.79 Å². The smallest absolute Gasteiger partial charge is 0.242 e. The van der Waals surface area contributed by atoms with E-state index in [-0.39, 0.29) is 11.2 Å². The fraction of sp³-hybridized carbons (Fsp3) is 0.0952. The lowest BCUT2D eigenvalue weighted by Gasteiger charge is -2.17. The summed E-state index contributed by atoms with van der Waals surface area (Å²) in [7, 11) is 1.61. The Hall–Kier alpha value is -2.72. The van der Waals surface area contributed by atoms with Gasteiger partial charge in [-0.15, -0.1) is 11.8 Å². The van der Waals surface area contributed by atoms with Crippen molar-refractivity contribution in [1.82, 2.24) is 0 Å². The minimum Gasteiger partial charge on any atom is -0.497 e. The highest BCUT2D eigenvalue weighted by atomic mass is 32.2. The van der Waals surface area contributed by atoms with E-state index in [1.165, 1.54) is 11.8 Å². The number of anilines is 1. The zero-order chi connectivity index (χ0) is 17.5. The van der Waals surface area contributed by atoms with Gasteiger partial charge in [0.05, 0.1) is 7.11 Å². The maximum absolute atomic E-state index is 12.9. The first-order valence-corrected chi connectivity index (χ1v) is 8.86. The molecule has 0 aromatic heterocycles. The van der Waals surface area contributed by atoms with Gasteiger partial charge < -0.3 is 10.1 Å². The van der Waals surface area contributed by atoms with Crippen molar-refractivity contribution in [2.24, 2.45) is 0 Å². The topological polar surface area (TPSA) is 38.3 Å². The van der Waals surface area contributed by atoms with E-state index in [1.807, 2.05) is 84.9 Å². The van der Waals surface area contributed by atoms with Crippen molar-refractivity contribution < 1.29 is 9.53 Å². The lowest BCUT2D eigenvalue weighted by molar-refractivity contribution is -0.115. The summed E-state index contributed by atoms with van der Waals surface area (Å²) in [5.74, 6) is 0.651. The molecule has 0 aliphatic heterocycles. The molecule has 3 rings (SSSR count). The number of ether oxygens (including phenoxy) is 1. The van der Waals surface area contributed by atoms with Crippen molar-refractivity contribution in [3.63, 3.8) is 0 Å². The van der Waals surface area contributed by atoms with Gasteiger partial charge in [-0.3, -0.25) is 4.79 Å². The zero-order valence-electron chi connectivity index (χ0n) is 13.9. The lowest BCUT2D eigenvalue weighted by Crippen LogP contribution is -2.19. The van der Waals surface area contributed by atoms with E-state index in [2.05, 4.69) is 5.32 Å². The zero-order valence-corrected chi connectivity index (χ0v) is 14.7. The first-order chi connectivity index (χ1) is 12.3. The third-order valence-corrected chi connectivity index (χ3v) is 4.94. The van der Waals surface area contributed by atoms with Crippen LogP contribution in [-0.4, -0.2) is 13.0 Å². The van der Waals surface area contributed by atoms with Crippen LogP contribution in [0.2, 0.25) is 0 Å². The molecule has 0 fully saturated rings. The van der Waals surface area contributed by atoms with Crippen LogP contribution in [0.1, 0.15) is 10.8 Å². The number of carbonyl (C=O) groups is 1. The van der Waals surface area contributed by atoms with E-state index in [0.717, 1.165) is 16.1 Å². The fourth-order valence-electron chi connectivity index (χ4n) is 2.44. The summed E-state index contributed by atoms with van der Waals surface area (Å²) in [4.78, 5) is 14.0. The van der Waals surface area contributed by atoms with Gasteiger partial charge in [-0.25, -0.2) is 0 Å². The standard InChI is InChI=1S/C21H19NO2S/c1-24-18-12-8-11-17(15-18)22-21(23)20(16-9-4-2-5-10-16)25-19-13-6-3-7-14-19/h2-15,20H,1H3,(H,22,23)/t20-/m1/s1. The average Bonchev–Trinajstić information content (AvgIpc) is 2.67. The number of methoxy groups -OCH3 is 1. The molecular weight excluding hydrogens is 330 g/mol. The quantitative estimate of drug-likeness (QED) is 0.624. The second-order valence-corrected chi connectivity index (χ2v) is 6.62. The molecule has 0 saturated heterocycles. The molecule has 3 aromatic rings. The molecule has 0 bridgehead atoms. The van der Waals surface area contributed by atoms with Crippen molar-refractivity contribution >= 4 is 23.4 Å². The predicted molar refractivity (Wildman–Crippen MR) is 103 cm³/mol. The third kappa shape index (κ3) is 4.64. The molecule has 4 heteroatoms. The van der Waals surface area contributed by atoms with Crippen LogP contribution in [-0.2, 0) is 4.79 Å². The Labute approximate surface area is 152 Å². The summed E-state index contributed by atoms with van der Waals surface area (Å²) in [6, 6.07) is 27.1. The summed E-state index contributed by atoms with van der Waals surface area (Å²) in [5.41, 5.74) is 1.69. The van der Waals surface area contributed by atoms with Gasteiger partial charge in [0, 0.05) is 16.6 Å². The fourth-order valence-corrected chi connectivity index (χ4v) is 3.49. The number of amides is 1. The molecular formula is C21H19NO2S. The van der Waals surface area contributed by atoms with Crippen molar-refractivity contribution in [1.29, 1.82) is 0 Å². The summed E-state index contributed by atoms with van der Waals surface area (Å²) in [6.45, 7) is 0. The maximum Gasteiger partial charge on any atom is 0.242 e. The van der Waals surface area contributed by atoms with Gasteiger partial charge in [0.15, 0.2) is 0 Å². The largest absolute Gasteiger partial charge is 0.497 e. The van der Waals surface area contributed by atoms with E-state index >= 15 is 0 Å². The molecule has 0 heterocycles. The SMILES string of the molecule is COc1cccc(NC(=O)[C@H](Sc2ccccc2)c2ccccc2)c1. The van der Waals surface area contributed by atoms with Gasteiger partial charge in [-0.05, 0) is 29.8 Å². The predicted octanol–water partition coefficient (Wildman–Crippen LogP) is 5.17. The van der Waals surface area contributed by atoms with E-state index < -0.39 is 0 Å². The molecule has 0 radical (unpaired) electrons. The van der Waals surface area contributed by atoms with Crippen molar-refractivity contribution in [3.8, 4) is 5.75 Å². The molecule has 0 aliphatic carbocycles. The summed E-state index contributed by atoms with van der Waals surface area (Å²) < 4.78 is 5.22. The number of nitrogens with one attached hydrogen (secondary N) is 1. The van der Waals surface area contributed by atoms with Crippen LogP contribution in [0, 0.1) is 0 Å². The van der Waals surface area contributed by atoms with E-state index in [1.54, 1.807) is 7.11 Å². The molecule has 1 N–H and O–H groups in total. The molecule has 0 aliphatic rings. The van der Waals surface area contributed by atoms with Crippen LogP contribution < -0.4 is 10.1 Å². The van der Waals surface area contributed by atoms with Crippen LogP contribution in [0.3, 0.4) is 0 Å². The maximum atomic E-state index is 12.9. The van der Waals surface area contributed by atoms with E-state index in [4.69, 9.17) is 4.74 Å². The van der Waals surface area contributed by atoms with Crippen LogP contribution in [0.25, 0.3) is 0 Å². The normalized spacial score (nSPS) is 11.6. The van der Waals surface area contributed by atoms with Crippen LogP contribution in [0.15, 0.2) is 89.8 Å². The molecule has 25 heavy (non-hydrogen) atoms. The van der Waals surface area contributed by atoms with Crippen LogP contribution in [0.4, 0.5) is 5.69 Å². The molecule has 1 amide bonds. The average molecular weight is 349 g/mol. The summed E-state index contributed by atoms with van der Waals surface area (Å²) in [5, 5.41) is 2.66. The van der Waals surface area contributed by atoms with Gasteiger partial charge in [-0.1, -0.05) is 54.6 Å². The Balaban J connectivity index is 1.84. The van der Waals surface area contributed by atoms with Crippen molar-refractivity contribution in [2.75, 3.05) is 12.4 Å². The summed E-state index contributed by atoms with van der Waals surface area (Å²) in [6.07, 6.45) is 0. The summed E-state index contributed by atoms with van der Waals surface area (Å²) >= 11 is 1.54. The number of rotatable bonds is 6. The monoisotopic (exact) mass is 349 g/mol. The minimum absolute atomic E-state index is 0.0618. The molecule has 1 atom stereocenters. The molecule has 0 spiro atoms. The van der Waals surface area contributed by atoms with Gasteiger partial charge in [0.25, 0.3) is 0 Å². The van der Waals surface area contributed by atoms with Crippen molar-refractivity contribution in [2.45, 2.75) is 10.1 Å². The Morgan fingerprint density at radius 2 is 1.60 bits per heavy atom. The number of thioether (sulfide) groups is 1. The Kier molecular flexibility index (Phi) is 5.75. The third-order valence-electron chi connectivity index (χ3n) is 3.67. The molecule has 0 unspecified atom stereocenters. The first kappa shape index (κ1) is 17.1. The Morgan fingerprint density at radius 3 is 2.28 bits per heavy atom. The molecule has 126 valence electrons. The molecule has 3 nitrogen and oxygen atoms in total. The molecule has 3 aromatic carbocycles. The van der Waals surface area contributed by atoms with Gasteiger partial charge in [0.1, 0.15) is 11.0 Å². The van der Waals surface area contributed by atoms with Gasteiger partial charge >= 0.3 is 0 Å². The highest BCUT2D eigenvalue weighted by Gasteiger charge is 2.22. The highest BCUT2D eigenvalue weighted by molar-refractivity contribution is 8.00. The lowest BCUT2D eigenvalue weighted by atomic mass is 10.1. The highest BCUT2D eigenvalue weighted by Crippen LogP contribution is 2.36. The van der Waals surface area contributed by atoms with Gasteiger partial charge in [0.2, 0.25) is 5.91 Å². The number of hydrogen-bond acceptors (Lipinski definition) is 3. The Bertz CT molecular complexity index is 822. The number of carbonyl (C=O) groups excluding carboxylic acids is 1. The first-order valence-electron chi connectivity index (χ1n) is 7.98. The van der Waals surface area contributed by atoms with Crippen LogP contribution >= 0.6 is 11.8 Å². The second-order valence-electron chi connectivity index (χ2n) is 5.44. The van der Waals surface area contributed by atoms with Crippen molar-refractivity contribution in [3.05, 3.63) is 90.5 Å². The molecule has 0 saturated carbocycles.